The minimum absolute atomic E-state index is 0. The van der Waals surface area contributed by atoms with Crippen LogP contribution in [0.4, 0.5) is 11.4 Å². The lowest BCUT2D eigenvalue weighted by molar-refractivity contribution is 0.0793. The largest absolute Gasteiger partial charge is 0.354 e. The molecule has 0 saturated carbocycles. The number of nitrogens with zero attached hydrogens (tertiary/aromatic N) is 3. The van der Waals surface area contributed by atoms with Crippen molar-refractivity contribution in [2.75, 3.05) is 18.4 Å². The van der Waals surface area contributed by atoms with Gasteiger partial charge in [-0.05, 0) is 57.4 Å². The van der Waals surface area contributed by atoms with E-state index in [1.165, 1.54) is 5.56 Å². The second-order valence-electron chi connectivity index (χ2n) is 7.31. The van der Waals surface area contributed by atoms with Gasteiger partial charge in [0.25, 0.3) is 5.91 Å². The van der Waals surface area contributed by atoms with E-state index in [4.69, 9.17) is 0 Å². The Morgan fingerprint density at radius 1 is 1.07 bits per heavy atom. The van der Waals surface area contributed by atoms with Gasteiger partial charge in [-0.25, -0.2) is 9.97 Å². The van der Waals surface area contributed by atoms with Crippen LogP contribution in [0.15, 0.2) is 36.5 Å². The van der Waals surface area contributed by atoms with E-state index < -0.39 is 0 Å². The fourth-order valence-corrected chi connectivity index (χ4v) is 3.65. The zero-order valence-corrected chi connectivity index (χ0v) is 17.3. The highest BCUT2D eigenvalue weighted by Gasteiger charge is 2.24. The minimum Gasteiger partial charge on any atom is -0.354 e. The second kappa shape index (κ2) is 8.15. The molecule has 2 aromatic heterocycles. The van der Waals surface area contributed by atoms with Crippen LogP contribution < -0.4 is 5.32 Å². The summed E-state index contributed by atoms with van der Waals surface area (Å²) in [7, 11) is 0. The quantitative estimate of drug-likeness (QED) is 0.680. The van der Waals surface area contributed by atoms with Crippen LogP contribution in [-0.4, -0.2) is 33.9 Å². The Morgan fingerprint density at radius 3 is 2.54 bits per heavy atom. The number of carbonyl (C=O) groups is 1. The highest BCUT2D eigenvalue weighted by molar-refractivity contribution is 6.07. The predicted octanol–water partition coefficient (Wildman–Crippen LogP) is 4.96. The monoisotopic (exact) mass is 396 g/mol. The van der Waals surface area contributed by atoms with Crippen LogP contribution in [0.5, 0.6) is 0 Å². The van der Waals surface area contributed by atoms with Crippen LogP contribution in [0.2, 0.25) is 0 Å². The Hall–Kier alpha value is -2.66. The van der Waals surface area contributed by atoms with Crippen LogP contribution in [0, 0.1) is 20.8 Å². The molecule has 1 fully saturated rings. The maximum atomic E-state index is 13.1. The number of halogens is 1. The van der Waals surface area contributed by atoms with E-state index in [9.17, 15) is 4.79 Å². The molecule has 0 atom stereocenters. The van der Waals surface area contributed by atoms with Gasteiger partial charge >= 0.3 is 0 Å². The Morgan fingerprint density at radius 2 is 1.82 bits per heavy atom. The van der Waals surface area contributed by atoms with E-state index in [-0.39, 0.29) is 18.3 Å². The van der Waals surface area contributed by atoms with E-state index in [1.807, 2.05) is 24.0 Å². The molecule has 0 bridgehead atoms. The SMILES string of the molecule is Cc1ccc(Nc2c(C(=O)N3CCCC3)cnc3nc(C)ccc23)c(C)c1.Cl. The average Bonchev–Trinajstić information content (AvgIpc) is 3.18. The van der Waals surface area contributed by atoms with Crippen molar-refractivity contribution in [1.29, 1.82) is 0 Å². The molecule has 4 rings (SSSR count). The normalized spacial score (nSPS) is 13.5. The summed E-state index contributed by atoms with van der Waals surface area (Å²) < 4.78 is 0. The fourth-order valence-electron chi connectivity index (χ4n) is 3.65. The van der Waals surface area contributed by atoms with E-state index in [1.54, 1.807) is 6.20 Å². The van der Waals surface area contributed by atoms with Crippen molar-refractivity contribution in [3.63, 3.8) is 0 Å². The molecule has 0 spiro atoms. The molecular formula is C22H25ClN4O. The summed E-state index contributed by atoms with van der Waals surface area (Å²) >= 11 is 0. The summed E-state index contributed by atoms with van der Waals surface area (Å²) in [5.74, 6) is 0.0368. The minimum atomic E-state index is 0. The lowest BCUT2D eigenvalue weighted by Crippen LogP contribution is -2.28. The summed E-state index contributed by atoms with van der Waals surface area (Å²) in [5, 5.41) is 4.37. The van der Waals surface area contributed by atoms with Crippen LogP contribution in [0.25, 0.3) is 11.0 Å². The molecule has 1 aliphatic rings. The van der Waals surface area contributed by atoms with Gasteiger partial charge in [0, 0.05) is 36.1 Å². The van der Waals surface area contributed by atoms with Crippen molar-refractivity contribution in [2.24, 2.45) is 0 Å². The molecule has 1 saturated heterocycles. The third-order valence-electron chi connectivity index (χ3n) is 5.13. The van der Waals surface area contributed by atoms with E-state index >= 15 is 0 Å². The lowest BCUT2D eigenvalue weighted by atomic mass is 10.1. The molecular weight excluding hydrogens is 372 g/mol. The molecule has 0 aliphatic carbocycles. The Bertz CT molecular complexity index is 1030. The van der Waals surface area contributed by atoms with Gasteiger partial charge in [0.05, 0.1) is 11.3 Å². The zero-order valence-electron chi connectivity index (χ0n) is 16.5. The number of hydrogen-bond acceptors (Lipinski definition) is 4. The number of pyridine rings is 2. The highest BCUT2D eigenvalue weighted by atomic mass is 35.5. The molecule has 1 aromatic carbocycles. The number of amides is 1. The lowest BCUT2D eigenvalue weighted by Gasteiger charge is -2.20. The standard InChI is InChI=1S/C22H24N4O.ClH/c1-14-6-9-19(15(2)12-14)25-20-17-8-7-16(3)24-21(17)23-13-18(20)22(27)26-10-4-5-11-26;/h6-9,12-13H,4-5,10-11H2,1-3H3,(H,23,24,25);1H. The number of carbonyl (C=O) groups excluding carboxylic acids is 1. The van der Waals surface area contributed by atoms with Gasteiger partial charge in [-0.2, -0.15) is 0 Å². The third-order valence-corrected chi connectivity index (χ3v) is 5.13. The van der Waals surface area contributed by atoms with E-state index in [2.05, 4.69) is 47.3 Å². The van der Waals surface area contributed by atoms with Crippen molar-refractivity contribution >= 4 is 40.7 Å². The molecule has 5 nitrogen and oxygen atoms in total. The highest BCUT2D eigenvalue weighted by Crippen LogP contribution is 2.31. The van der Waals surface area contributed by atoms with Crippen molar-refractivity contribution in [2.45, 2.75) is 33.6 Å². The summed E-state index contributed by atoms with van der Waals surface area (Å²) in [4.78, 5) is 24.1. The number of anilines is 2. The van der Waals surface area contributed by atoms with Crippen molar-refractivity contribution in [1.82, 2.24) is 14.9 Å². The van der Waals surface area contributed by atoms with Crippen molar-refractivity contribution < 1.29 is 4.79 Å². The van der Waals surface area contributed by atoms with Gasteiger partial charge in [-0.1, -0.05) is 17.7 Å². The first kappa shape index (κ1) is 20.1. The zero-order chi connectivity index (χ0) is 19.0. The van der Waals surface area contributed by atoms with Crippen LogP contribution in [0.1, 0.15) is 40.0 Å². The van der Waals surface area contributed by atoms with Gasteiger partial charge in [-0.15, -0.1) is 12.4 Å². The Balaban J connectivity index is 0.00000225. The van der Waals surface area contributed by atoms with Crippen LogP contribution in [0.3, 0.4) is 0 Å². The van der Waals surface area contributed by atoms with Crippen molar-refractivity contribution in [3.8, 4) is 0 Å². The average molecular weight is 397 g/mol. The fraction of sp³-hybridized carbons (Fsp3) is 0.318. The van der Waals surface area contributed by atoms with Gasteiger partial charge in [0.1, 0.15) is 0 Å². The first-order valence-corrected chi connectivity index (χ1v) is 9.43. The molecule has 146 valence electrons. The number of nitrogens with one attached hydrogen (secondary N) is 1. The molecule has 3 heterocycles. The first-order chi connectivity index (χ1) is 13.0. The summed E-state index contributed by atoms with van der Waals surface area (Å²) in [6.07, 6.45) is 3.79. The Kier molecular flexibility index (Phi) is 5.84. The van der Waals surface area contributed by atoms with Gasteiger partial charge < -0.3 is 10.2 Å². The molecule has 28 heavy (non-hydrogen) atoms. The number of rotatable bonds is 3. The van der Waals surface area contributed by atoms with Gasteiger partial charge in [-0.3, -0.25) is 4.79 Å². The molecule has 1 N–H and O–H groups in total. The van der Waals surface area contributed by atoms with Crippen LogP contribution >= 0.6 is 12.4 Å². The molecule has 6 heteroatoms. The maximum Gasteiger partial charge on any atom is 0.257 e. The van der Waals surface area contributed by atoms with Gasteiger partial charge in [0.2, 0.25) is 0 Å². The van der Waals surface area contributed by atoms with Crippen LogP contribution in [-0.2, 0) is 0 Å². The van der Waals surface area contributed by atoms with Gasteiger partial charge in [0.15, 0.2) is 5.65 Å². The number of likely N-dealkylation sites (tertiary alicyclic amines) is 1. The summed E-state index contributed by atoms with van der Waals surface area (Å²) in [6.45, 7) is 7.72. The second-order valence-corrected chi connectivity index (χ2v) is 7.31. The molecule has 1 aliphatic heterocycles. The number of fused-ring (bicyclic) bond motifs is 1. The summed E-state index contributed by atoms with van der Waals surface area (Å²) in [5.41, 5.74) is 6.30. The first-order valence-electron chi connectivity index (χ1n) is 9.43. The topological polar surface area (TPSA) is 58.1 Å². The molecule has 1 amide bonds. The number of aromatic nitrogens is 2. The maximum absolute atomic E-state index is 13.1. The Labute approximate surface area is 171 Å². The smallest absolute Gasteiger partial charge is 0.257 e. The summed E-state index contributed by atoms with van der Waals surface area (Å²) in [6, 6.07) is 10.2. The number of hydrogen-bond donors (Lipinski definition) is 1. The van der Waals surface area contributed by atoms with Crippen molar-refractivity contribution in [3.05, 3.63) is 58.9 Å². The van der Waals surface area contributed by atoms with E-state index in [0.717, 1.165) is 53.9 Å². The predicted molar refractivity (Wildman–Crippen MR) is 116 cm³/mol. The molecule has 3 aromatic rings. The molecule has 0 unspecified atom stereocenters. The molecule has 0 radical (unpaired) electrons. The number of aryl methyl sites for hydroxylation is 3. The van der Waals surface area contributed by atoms with E-state index in [0.29, 0.717) is 11.2 Å². The number of benzene rings is 1. The third kappa shape index (κ3) is 3.80.